The summed E-state index contributed by atoms with van der Waals surface area (Å²) in [6.07, 6.45) is 5.18. The van der Waals surface area contributed by atoms with Gasteiger partial charge in [-0.05, 0) is 25.3 Å². The zero-order valence-corrected chi connectivity index (χ0v) is 12.0. The Labute approximate surface area is 115 Å². The molecule has 5 nitrogen and oxygen atoms in total. The van der Waals surface area contributed by atoms with Gasteiger partial charge in [-0.1, -0.05) is 21.6 Å². The lowest BCUT2D eigenvalue weighted by Crippen LogP contribution is -2.25. The highest BCUT2D eigenvalue weighted by Gasteiger charge is 2.04. The highest BCUT2D eigenvalue weighted by Crippen LogP contribution is 2.15. The zero-order valence-electron chi connectivity index (χ0n) is 10.3. The molecule has 0 aliphatic rings. The van der Waals surface area contributed by atoms with Gasteiger partial charge in [-0.2, -0.15) is 5.10 Å². The van der Waals surface area contributed by atoms with Crippen LogP contribution in [0.2, 0.25) is 0 Å². The van der Waals surface area contributed by atoms with Crippen LogP contribution in [0, 0.1) is 0 Å². The van der Waals surface area contributed by atoms with E-state index in [0.717, 1.165) is 5.75 Å². The van der Waals surface area contributed by atoms with Gasteiger partial charge in [0.1, 0.15) is 5.82 Å². The fourth-order valence-corrected chi connectivity index (χ4v) is 2.22. The molecule has 98 valence electrons. The first kappa shape index (κ1) is 14.8. The first-order chi connectivity index (χ1) is 8.77. The molecule has 1 rings (SSSR count). The monoisotopic (exact) mass is 284 g/mol. The number of hydrazone groups is 1. The number of hydrogen-bond acceptors (Lipinski definition) is 6. The van der Waals surface area contributed by atoms with Crippen molar-refractivity contribution in [3.8, 4) is 0 Å². The Bertz CT molecular complexity index is 395. The average molecular weight is 284 g/mol. The summed E-state index contributed by atoms with van der Waals surface area (Å²) in [6, 6.07) is 3.44. The second-order valence-corrected chi connectivity index (χ2v) is 5.86. The SMILES string of the molecule is C/C=N\Nc1ccc(C(=O)NCCSSC)cn1. The summed E-state index contributed by atoms with van der Waals surface area (Å²) in [4.78, 5) is 15.8. The molecule has 7 heteroatoms. The van der Waals surface area contributed by atoms with Gasteiger partial charge in [0.05, 0.1) is 5.56 Å². The van der Waals surface area contributed by atoms with Crippen molar-refractivity contribution in [1.29, 1.82) is 0 Å². The van der Waals surface area contributed by atoms with E-state index in [1.807, 2.05) is 6.26 Å². The van der Waals surface area contributed by atoms with E-state index in [-0.39, 0.29) is 5.91 Å². The molecule has 18 heavy (non-hydrogen) atoms. The van der Waals surface area contributed by atoms with Gasteiger partial charge in [-0.25, -0.2) is 4.98 Å². The maximum Gasteiger partial charge on any atom is 0.252 e. The van der Waals surface area contributed by atoms with E-state index in [2.05, 4.69) is 20.8 Å². The van der Waals surface area contributed by atoms with Gasteiger partial charge in [0.15, 0.2) is 0 Å². The Morgan fingerprint density at radius 2 is 2.39 bits per heavy atom. The van der Waals surface area contributed by atoms with Crippen LogP contribution in [0.1, 0.15) is 17.3 Å². The predicted octanol–water partition coefficient (Wildman–Crippen LogP) is 2.24. The number of hydrogen-bond donors (Lipinski definition) is 2. The molecule has 0 bridgehead atoms. The van der Waals surface area contributed by atoms with Crippen molar-refractivity contribution < 1.29 is 4.79 Å². The Morgan fingerprint density at radius 3 is 3.00 bits per heavy atom. The number of rotatable bonds is 7. The standard InChI is InChI=1S/C11H16N4OS2/c1-3-14-15-10-5-4-9(8-13-10)11(16)12-6-7-18-17-2/h3-5,8H,6-7H2,1-2H3,(H,12,16)(H,13,15)/b14-3-. The second-order valence-electron chi connectivity index (χ2n) is 3.18. The largest absolute Gasteiger partial charge is 0.351 e. The summed E-state index contributed by atoms with van der Waals surface area (Å²) in [5, 5.41) is 6.68. The van der Waals surface area contributed by atoms with Crippen LogP contribution in [0.4, 0.5) is 5.82 Å². The third-order valence-electron chi connectivity index (χ3n) is 1.92. The molecule has 1 aromatic heterocycles. The van der Waals surface area contributed by atoms with Gasteiger partial charge in [0, 0.05) is 24.7 Å². The van der Waals surface area contributed by atoms with Crippen LogP contribution in [-0.2, 0) is 0 Å². The fourth-order valence-electron chi connectivity index (χ4n) is 1.12. The van der Waals surface area contributed by atoms with Gasteiger partial charge >= 0.3 is 0 Å². The van der Waals surface area contributed by atoms with Crippen molar-refractivity contribution in [2.24, 2.45) is 5.10 Å². The molecule has 1 heterocycles. The molecule has 1 aromatic rings. The van der Waals surface area contributed by atoms with Crippen molar-refractivity contribution in [3.05, 3.63) is 23.9 Å². The van der Waals surface area contributed by atoms with E-state index in [1.165, 1.54) is 6.20 Å². The van der Waals surface area contributed by atoms with Gasteiger partial charge in [0.25, 0.3) is 5.91 Å². The van der Waals surface area contributed by atoms with E-state index in [9.17, 15) is 4.79 Å². The summed E-state index contributed by atoms with van der Waals surface area (Å²) < 4.78 is 0. The molecule has 0 aromatic carbocycles. The Kier molecular flexibility index (Phi) is 7.28. The van der Waals surface area contributed by atoms with Gasteiger partial charge in [0.2, 0.25) is 0 Å². The van der Waals surface area contributed by atoms with E-state index >= 15 is 0 Å². The number of carbonyl (C=O) groups is 1. The Balaban J connectivity index is 2.43. The van der Waals surface area contributed by atoms with Crippen LogP contribution in [0.5, 0.6) is 0 Å². The van der Waals surface area contributed by atoms with Gasteiger partial charge in [-0.15, -0.1) is 0 Å². The summed E-state index contributed by atoms with van der Waals surface area (Å²) >= 11 is 0. The van der Waals surface area contributed by atoms with E-state index in [4.69, 9.17) is 0 Å². The quantitative estimate of drug-likeness (QED) is 0.348. The van der Waals surface area contributed by atoms with Crippen molar-refractivity contribution >= 4 is 39.5 Å². The number of aromatic nitrogens is 1. The maximum absolute atomic E-state index is 11.7. The van der Waals surface area contributed by atoms with E-state index in [0.29, 0.717) is 17.9 Å². The molecule has 0 unspecified atom stereocenters. The second kappa shape index (κ2) is 8.82. The minimum absolute atomic E-state index is 0.102. The highest BCUT2D eigenvalue weighted by molar-refractivity contribution is 8.76. The molecule has 2 N–H and O–H groups in total. The molecule has 1 amide bonds. The number of nitrogens with zero attached hydrogens (tertiary/aromatic N) is 2. The van der Waals surface area contributed by atoms with Gasteiger partial charge in [-0.3, -0.25) is 10.2 Å². The third kappa shape index (κ3) is 5.42. The molecule has 0 saturated heterocycles. The first-order valence-corrected chi connectivity index (χ1v) is 8.14. The zero-order chi connectivity index (χ0) is 13.2. The fraction of sp³-hybridized carbons (Fsp3) is 0.364. The first-order valence-electron chi connectivity index (χ1n) is 5.41. The molecule has 0 aliphatic heterocycles. The minimum Gasteiger partial charge on any atom is -0.351 e. The van der Waals surface area contributed by atoms with E-state index < -0.39 is 0 Å². The van der Waals surface area contributed by atoms with Crippen molar-refractivity contribution in [3.63, 3.8) is 0 Å². The number of pyridine rings is 1. The van der Waals surface area contributed by atoms with Crippen molar-refractivity contribution in [1.82, 2.24) is 10.3 Å². The molecule has 0 radical (unpaired) electrons. The third-order valence-corrected chi connectivity index (χ3v) is 3.74. The topological polar surface area (TPSA) is 66.4 Å². The Hall–Kier alpha value is -1.21. The lowest BCUT2D eigenvalue weighted by molar-refractivity contribution is 0.0956. The lowest BCUT2D eigenvalue weighted by Gasteiger charge is -2.04. The smallest absolute Gasteiger partial charge is 0.252 e. The van der Waals surface area contributed by atoms with Crippen LogP contribution in [-0.4, -0.2) is 35.7 Å². The van der Waals surface area contributed by atoms with Crippen molar-refractivity contribution in [2.45, 2.75) is 6.92 Å². The maximum atomic E-state index is 11.7. The lowest BCUT2D eigenvalue weighted by atomic mass is 10.2. The minimum atomic E-state index is -0.102. The highest BCUT2D eigenvalue weighted by atomic mass is 33.1. The summed E-state index contributed by atoms with van der Waals surface area (Å²) in [7, 11) is 3.41. The number of amides is 1. The van der Waals surface area contributed by atoms with E-state index in [1.54, 1.807) is 46.9 Å². The number of carbonyl (C=O) groups excluding carboxylic acids is 1. The summed E-state index contributed by atoms with van der Waals surface area (Å²) in [5.41, 5.74) is 3.29. The van der Waals surface area contributed by atoms with Crippen LogP contribution in [0.25, 0.3) is 0 Å². The molecular formula is C11H16N4OS2. The van der Waals surface area contributed by atoms with Crippen molar-refractivity contribution in [2.75, 3.05) is 24.0 Å². The molecule has 0 atom stereocenters. The summed E-state index contributed by atoms with van der Waals surface area (Å²) in [6.45, 7) is 2.46. The average Bonchev–Trinajstić information content (AvgIpc) is 2.41. The van der Waals surface area contributed by atoms with Crippen LogP contribution < -0.4 is 10.7 Å². The normalized spacial score (nSPS) is 10.6. The molecule has 0 aliphatic carbocycles. The number of nitrogens with one attached hydrogen (secondary N) is 2. The molecule has 0 spiro atoms. The molecule has 0 saturated carbocycles. The Morgan fingerprint density at radius 1 is 1.56 bits per heavy atom. The van der Waals surface area contributed by atoms with Crippen LogP contribution in [0.3, 0.4) is 0 Å². The van der Waals surface area contributed by atoms with Gasteiger partial charge < -0.3 is 5.32 Å². The molecular weight excluding hydrogens is 268 g/mol. The summed E-state index contributed by atoms with van der Waals surface area (Å²) in [5.74, 6) is 1.41. The molecule has 0 fully saturated rings. The van der Waals surface area contributed by atoms with Crippen LogP contribution in [0.15, 0.2) is 23.4 Å². The number of anilines is 1. The van der Waals surface area contributed by atoms with Crippen LogP contribution >= 0.6 is 21.6 Å². The predicted molar refractivity (Wildman–Crippen MR) is 80.3 cm³/mol.